The monoisotopic (exact) mass is 231 g/mol. The molecular formula is C13H13NO3. The number of hydrogen-bond donors (Lipinski definition) is 1. The van der Waals surface area contributed by atoms with E-state index in [9.17, 15) is 4.79 Å². The highest BCUT2D eigenvalue weighted by molar-refractivity contribution is 5.97. The van der Waals surface area contributed by atoms with E-state index in [-0.39, 0.29) is 5.69 Å². The zero-order valence-electron chi connectivity index (χ0n) is 9.51. The van der Waals surface area contributed by atoms with Gasteiger partial charge in [0.2, 0.25) is 0 Å². The van der Waals surface area contributed by atoms with Crippen molar-refractivity contribution in [1.82, 2.24) is 4.57 Å². The summed E-state index contributed by atoms with van der Waals surface area (Å²) in [6.07, 6.45) is 1.67. The molecule has 0 radical (unpaired) electrons. The van der Waals surface area contributed by atoms with Crippen LogP contribution in [0.15, 0.2) is 36.9 Å². The minimum absolute atomic E-state index is 0.240. The van der Waals surface area contributed by atoms with Crippen molar-refractivity contribution in [2.24, 2.45) is 0 Å². The molecule has 0 fully saturated rings. The zero-order valence-corrected chi connectivity index (χ0v) is 9.51. The number of hydrogen-bond acceptors (Lipinski definition) is 2. The van der Waals surface area contributed by atoms with Gasteiger partial charge in [0.25, 0.3) is 0 Å². The van der Waals surface area contributed by atoms with E-state index in [2.05, 4.69) is 6.58 Å². The summed E-state index contributed by atoms with van der Waals surface area (Å²) in [6, 6.07) is 7.15. The molecule has 0 aliphatic rings. The zero-order chi connectivity index (χ0) is 12.4. The summed E-state index contributed by atoms with van der Waals surface area (Å²) in [4.78, 5) is 11.2. The number of nitrogens with zero attached hydrogens (tertiary/aromatic N) is 1. The highest BCUT2D eigenvalue weighted by Crippen LogP contribution is 2.28. The Morgan fingerprint density at radius 2 is 2.35 bits per heavy atom. The van der Waals surface area contributed by atoms with Crippen LogP contribution in [0.1, 0.15) is 10.5 Å². The predicted octanol–water partition coefficient (Wildman–Crippen LogP) is 2.53. The summed E-state index contributed by atoms with van der Waals surface area (Å²) in [5.41, 5.74) is 1.08. The molecule has 0 unspecified atom stereocenters. The van der Waals surface area contributed by atoms with Crippen molar-refractivity contribution in [1.29, 1.82) is 0 Å². The summed E-state index contributed by atoms with van der Waals surface area (Å²) >= 11 is 0. The second kappa shape index (κ2) is 4.33. The average Bonchev–Trinajstić information content (AvgIpc) is 2.69. The molecule has 0 saturated heterocycles. The lowest BCUT2D eigenvalue weighted by Gasteiger charge is -2.05. The first-order valence-electron chi connectivity index (χ1n) is 5.19. The summed E-state index contributed by atoms with van der Waals surface area (Å²) in [5, 5.41) is 9.96. The number of carboxylic acids is 1. The van der Waals surface area contributed by atoms with Crippen molar-refractivity contribution >= 4 is 16.9 Å². The van der Waals surface area contributed by atoms with Crippen LogP contribution in [0.2, 0.25) is 0 Å². The van der Waals surface area contributed by atoms with E-state index in [0.29, 0.717) is 12.3 Å². The first kappa shape index (κ1) is 11.3. The standard InChI is InChI=1S/C13H13NO3/c1-3-7-14-10-5-4-6-12(17-2)9(10)8-11(14)13(15)16/h3-6,8H,1,7H2,2H3,(H,15,16). The van der Waals surface area contributed by atoms with Gasteiger partial charge in [-0.3, -0.25) is 0 Å². The Morgan fingerprint density at radius 3 is 2.94 bits per heavy atom. The molecule has 17 heavy (non-hydrogen) atoms. The number of rotatable bonds is 4. The Bertz CT molecular complexity index is 584. The Morgan fingerprint density at radius 1 is 1.59 bits per heavy atom. The molecule has 2 rings (SSSR count). The third-order valence-corrected chi connectivity index (χ3v) is 2.66. The lowest BCUT2D eigenvalue weighted by molar-refractivity contribution is 0.0686. The van der Waals surface area contributed by atoms with Gasteiger partial charge < -0.3 is 14.4 Å². The lowest BCUT2D eigenvalue weighted by atomic mass is 10.2. The van der Waals surface area contributed by atoms with Gasteiger partial charge in [-0.25, -0.2) is 4.79 Å². The summed E-state index contributed by atoms with van der Waals surface area (Å²) in [6.45, 7) is 4.10. The molecule has 0 atom stereocenters. The smallest absolute Gasteiger partial charge is 0.352 e. The van der Waals surface area contributed by atoms with E-state index in [0.717, 1.165) is 10.9 Å². The molecule has 1 aromatic heterocycles. The van der Waals surface area contributed by atoms with E-state index in [1.807, 2.05) is 18.2 Å². The van der Waals surface area contributed by atoms with Crippen LogP contribution >= 0.6 is 0 Å². The van der Waals surface area contributed by atoms with Crippen molar-refractivity contribution in [3.05, 3.63) is 42.6 Å². The first-order chi connectivity index (χ1) is 8.19. The molecule has 0 bridgehead atoms. The van der Waals surface area contributed by atoms with Crippen LogP contribution in [-0.2, 0) is 6.54 Å². The van der Waals surface area contributed by atoms with E-state index >= 15 is 0 Å². The molecule has 0 aliphatic carbocycles. The van der Waals surface area contributed by atoms with Crippen molar-refractivity contribution in [3.8, 4) is 5.75 Å². The highest BCUT2D eigenvalue weighted by Gasteiger charge is 2.15. The van der Waals surface area contributed by atoms with E-state index < -0.39 is 5.97 Å². The molecule has 88 valence electrons. The summed E-state index contributed by atoms with van der Waals surface area (Å²) in [5.74, 6) is -0.280. The fraction of sp³-hybridized carbons (Fsp3) is 0.154. The fourth-order valence-electron chi connectivity index (χ4n) is 1.94. The molecular weight excluding hydrogens is 218 g/mol. The molecule has 1 heterocycles. The normalized spacial score (nSPS) is 10.4. The first-order valence-corrected chi connectivity index (χ1v) is 5.19. The Labute approximate surface area is 98.7 Å². The molecule has 0 spiro atoms. The number of methoxy groups -OCH3 is 1. The van der Waals surface area contributed by atoms with Gasteiger partial charge in [-0.2, -0.15) is 0 Å². The van der Waals surface area contributed by atoms with Crippen LogP contribution in [0.25, 0.3) is 10.9 Å². The van der Waals surface area contributed by atoms with E-state index in [1.165, 1.54) is 0 Å². The van der Waals surface area contributed by atoms with Gasteiger partial charge in [0.1, 0.15) is 11.4 Å². The van der Waals surface area contributed by atoms with Gasteiger partial charge >= 0.3 is 5.97 Å². The average molecular weight is 231 g/mol. The summed E-state index contributed by atoms with van der Waals surface area (Å²) in [7, 11) is 1.57. The number of allylic oxidation sites excluding steroid dienone is 1. The number of carboxylic acid groups (broad SMARTS) is 1. The minimum Gasteiger partial charge on any atom is -0.496 e. The molecule has 4 nitrogen and oxygen atoms in total. The number of fused-ring (bicyclic) bond motifs is 1. The minimum atomic E-state index is -0.954. The molecule has 0 amide bonds. The second-order valence-corrected chi connectivity index (χ2v) is 3.63. The molecule has 1 N–H and O–H groups in total. The Hall–Kier alpha value is -2.23. The largest absolute Gasteiger partial charge is 0.496 e. The third-order valence-electron chi connectivity index (χ3n) is 2.66. The van der Waals surface area contributed by atoms with Gasteiger partial charge in [-0.05, 0) is 18.2 Å². The SMILES string of the molecule is C=CCn1c(C(=O)O)cc2c(OC)cccc21. The number of aromatic nitrogens is 1. The van der Waals surface area contributed by atoms with Gasteiger partial charge in [0, 0.05) is 11.9 Å². The number of benzene rings is 1. The number of aromatic carboxylic acids is 1. The fourth-order valence-corrected chi connectivity index (χ4v) is 1.94. The number of ether oxygens (including phenoxy) is 1. The molecule has 4 heteroatoms. The van der Waals surface area contributed by atoms with Crippen molar-refractivity contribution < 1.29 is 14.6 Å². The maximum absolute atomic E-state index is 11.2. The predicted molar refractivity (Wildman–Crippen MR) is 65.6 cm³/mol. The van der Waals surface area contributed by atoms with Crippen LogP contribution in [0, 0.1) is 0 Å². The van der Waals surface area contributed by atoms with Crippen LogP contribution in [0.5, 0.6) is 5.75 Å². The maximum atomic E-state index is 11.2. The van der Waals surface area contributed by atoms with Crippen molar-refractivity contribution in [2.45, 2.75) is 6.54 Å². The second-order valence-electron chi connectivity index (χ2n) is 3.63. The maximum Gasteiger partial charge on any atom is 0.352 e. The molecule has 0 aliphatic heterocycles. The Balaban J connectivity index is 2.78. The molecule has 2 aromatic rings. The van der Waals surface area contributed by atoms with Gasteiger partial charge in [0.15, 0.2) is 0 Å². The van der Waals surface area contributed by atoms with Gasteiger partial charge in [-0.15, -0.1) is 6.58 Å². The van der Waals surface area contributed by atoms with Crippen LogP contribution in [-0.4, -0.2) is 22.8 Å². The molecule has 0 saturated carbocycles. The molecule has 1 aromatic carbocycles. The highest BCUT2D eigenvalue weighted by atomic mass is 16.5. The van der Waals surface area contributed by atoms with Crippen molar-refractivity contribution in [3.63, 3.8) is 0 Å². The number of carbonyl (C=O) groups is 1. The quantitative estimate of drug-likeness (QED) is 0.822. The third kappa shape index (κ3) is 1.78. The van der Waals surface area contributed by atoms with Crippen LogP contribution < -0.4 is 4.74 Å². The summed E-state index contributed by atoms with van der Waals surface area (Å²) < 4.78 is 6.92. The van der Waals surface area contributed by atoms with Crippen LogP contribution in [0.3, 0.4) is 0 Å². The topological polar surface area (TPSA) is 51.5 Å². The van der Waals surface area contributed by atoms with Crippen molar-refractivity contribution in [2.75, 3.05) is 7.11 Å². The Kier molecular flexibility index (Phi) is 2.87. The van der Waals surface area contributed by atoms with Gasteiger partial charge in [0.05, 0.1) is 12.6 Å². The van der Waals surface area contributed by atoms with Crippen LogP contribution in [0.4, 0.5) is 0 Å². The van der Waals surface area contributed by atoms with Gasteiger partial charge in [-0.1, -0.05) is 12.1 Å². The lowest BCUT2D eigenvalue weighted by Crippen LogP contribution is -2.06. The van der Waals surface area contributed by atoms with E-state index in [4.69, 9.17) is 9.84 Å². The van der Waals surface area contributed by atoms with E-state index in [1.54, 1.807) is 23.8 Å².